The molecule has 0 bridgehead atoms. The Labute approximate surface area is 222 Å². The molecule has 0 aliphatic carbocycles. The molecule has 1 heterocycles. The molecule has 0 radical (unpaired) electrons. The number of benzene rings is 3. The smallest absolute Gasteiger partial charge is 0.253 e. The molecule has 3 aromatic carbocycles. The maximum Gasteiger partial charge on any atom is 0.253 e. The molecule has 0 aliphatic heterocycles. The highest BCUT2D eigenvalue weighted by molar-refractivity contribution is 6.22. The molecule has 0 aliphatic rings. The summed E-state index contributed by atoms with van der Waals surface area (Å²) in [4.78, 5) is 38.2. The monoisotopic (exact) mass is 511 g/mol. The topological polar surface area (TPSA) is 92.2 Å². The minimum Gasteiger partial charge on any atom is -0.494 e. The Kier molecular flexibility index (Phi) is 7.93. The van der Waals surface area contributed by atoms with Gasteiger partial charge >= 0.3 is 0 Å². The van der Waals surface area contributed by atoms with Gasteiger partial charge in [-0.15, -0.1) is 0 Å². The van der Waals surface area contributed by atoms with E-state index in [0.29, 0.717) is 41.1 Å². The van der Waals surface area contributed by atoms with Crippen LogP contribution in [0.1, 0.15) is 28.4 Å². The number of carbonyl (C=O) groups excluding carboxylic acids is 2. The average molecular weight is 512 g/mol. The lowest BCUT2D eigenvalue weighted by atomic mass is 10.00. The summed E-state index contributed by atoms with van der Waals surface area (Å²) in [6.07, 6.45) is 0. The van der Waals surface area contributed by atoms with Crippen molar-refractivity contribution >= 4 is 39.8 Å². The highest BCUT2D eigenvalue weighted by Gasteiger charge is 2.20. The number of anilines is 1. The van der Waals surface area contributed by atoms with Crippen molar-refractivity contribution in [2.45, 2.75) is 6.92 Å². The molecule has 1 aromatic heterocycles. The van der Waals surface area contributed by atoms with Crippen LogP contribution >= 0.6 is 0 Å². The van der Waals surface area contributed by atoms with Crippen molar-refractivity contribution in [3.8, 4) is 5.88 Å². The van der Waals surface area contributed by atoms with Gasteiger partial charge in [0.15, 0.2) is 5.88 Å². The Balaban J connectivity index is 1.76. The number of carbonyl (C=O) groups is 2. The Morgan fingerprint density at radius 2 is 1.58 bits per heavy atom. The second-order valence-corrected chi connectivity index (χ2v) is 9.46. The number of aromatic hydroxyl groups is 1. The quantitative estimate of drug-likeness (QED) is 0.337. The number of aromatic amines is 1. The van der Waals surface area contributed by atoms with E-state index in [1.165, 1.54) is 0 Å². The molecule has 0 saturated carbocycles. The zero-order valence-electron chi connectivity index (χ0n) is 22.4. The van der Waals surface area contributed by atoms with E-state index in [1.807, 2.05) is 86.6 Å². The lowest BCUT2D eigenvalue weighted by Crippen LogP contribution is -2.34. The first-order chi connectivity index (χ1) is 18.2. The molecule has 0 unspecified atom stereocenters. The van der Waals surface area contributed by atoms with Crippen molar-refractivity contribution in [3.05, 3.63) is 89.5 Å². The van der Waals surface area contributed by atoms with Gasteiger partial charge in [-0.3, -0.25) is 9.59 Å². The Morgan fingerprint density at radius 3 is 2.21 bits per heavy atom. The molecule has 0 fully saturated rings. The van der Waals surface area contributed by atoms with Gasteiger partial charge in [0, 0.05) is 48.4 Å². The van der Waals surface area contributed by atoms with Crippen LogP contribution in [0.3, 0.4) is 0 Å². The Bertz CT molecular complexity index is 1470. The summed E-state index contributed by atoms with van der Waals surface area (Å²) < 4.78 is 0. The summed E-state index contributed by atoms with van der Waals surface area (Å²) in [7, 11) is 7.22. The molecule has 38 heavy (non-hydrogen) atoms. The summed E-state index contributed by atoms with van der Waals surface area (Å²) in [5.41, 5.74) is 4.59. The molecule has 0 saturated heterocycles. The number of nitrogens with one attached hydrogen (secondary N) is 1. The summed E-state index contributed by atoms with van der Waals surface area (Å²) in [6.45, 7) is 2.83. The lowest BCUT2D eigenvalue weighted by molar-refractivity contribution is -0.118. The standard InChI is InChI=1S/C30H33N5O3/c1-6-34(4)30(38)21-12-17-24-25(18-21)32-29(37)27(24)28(20-10-8-7-9-11-20)31-22-13-15-23(16-14-22)35(5)26(36)19-33(2)3/h7-18,32,37H,6,19H2,1-5H3. The number of H-pyrrole nitrogens is 1. The van der Waals surface area contributed by atoms with E-state index in [0.717, 1.165) is 16.6 Å². The fraction of sp³-hybridized carbons (Fsp3) is 0.233. The summed E-state index contributed by atoms with van der Waals surface area (Å²) in [5, 5.41) is 11.8. The SMILES string of the molecule is CCN(C)C(=O)c1ccc2c(C(=Nc3ccc(N(C)C(=O)CN(C)C)cc3)c3ccccc3)c(O)[nH]c2c1. The van der Waals surface area contributed by atoms with Gasteiger partial charge in [-0.25, -0.2) is 4.99 Å². The Morgan fingerprint density at radius 1 is 0.895 bits per heavy atom. The minimum absolute atomic E-state index is 0.0112. The fourth-order valence-electron chi connectivity index (χ4n) is 4.18. The normalized spacial score (nSPS) is 11.7. The van der Waals surface area contributed by atoms with Crippen LogP contribution in [0.4, 0.5) is 11.4 Å². The van der Waals surface area contributed by atoms with Gasteiger partial charge in [-0.1, -0.05) is 36.4 Å². The second-order valence-electron chi connectivity index (χ2n) is 9.46. The summed E-state index contributed by atoms with van der Waals surface area (Å²) in [6, 6.07) is 22.4. The van der Waals surface area contributed by atoms with Gasteiger partial charge in [0.05, 0.1) is 23.5 Å². The first-order valence-electron chi connectivity index (χ1n) is 12.5. The van der Waals surface area contributed by atoms with Crippen LogP contribution in [0.5, 0.6) is 5.88 Å². The highest BCUT2D eigenvalue weighted by atomic mass is 16.3. The molecular weight excluding hydrogens is 478 g/mol. The van der Waals surface area contributed by atoms with Crippen LogP contribution < -0.4 is 4.90 Å². The van der Waals surface area contributed by atoms with E-state index >= 15 is 0 Å². The number of fused-ring (bicyclic) bond motifs is 1. The lowest BCUT2D eigenvalue weighted by Gasteiger charge is -2.19. The van der Waals surface area contributed by atoms with Crippen LogP contribution in [0.25, 0.3) is 10.9 Å². The summed E-state index contributed by atoms with van der Waals surface area (Å²) >= 11 is 0. The molecule has 2 N–H and O–H groups in total. The number of amides is 2. The molecule has 0 spiro atoms. The van der Waals surface area contributed by atoms with Gasteiger partial charge in [0.2, 0.25) is 5.91 Å². The van der Waals surface area contributed by atoms with Crippen molar-refractivity contribution < 1.29 is 14.7 Å². The number of rotatable bonds is 8. The molecule has 2 amide bonds. The molecular formula is C30H33N5O3. The number of aliphatic imine (C=N–C) groups is 1. The molecule has 0 atom stereocenters. The molecule has 196 valence electrons. The van der Waals surface area contributed by atoms with Gasteiger partial charge in [-0.05, 0) is 57.4 Å². The van der Waals surface area contributed by atoms with Crippen LogP contribution in [0.15, 0.2) is 77.8 Å². The third-order valence-electron chi connectivity index (χ3n) is 6.43. The summed E-state index contributed by atoms with van der Waals surface area (Å²) in [5.74, 6) is -0.124. The molecule has 8 nitrogen and oxygen atoms in total. The van der Waals surface area contributed by atoms with Gasteiger partial charge in [-0.2, -0.15) is 0 Å². The first kappa shape index (κ1) is 26.6. The van der Waals surface area contributed by atoms with Crippen LogP contribution in [0, 0.1) is 0 Å². The fourth-order valence-corrected chi connectivity index (χ4v) is 4.18. The van der Waals surface area contributed by atoms with Crippen LogP contribution in [0.2, 0.25) is 0 Å². The highest BCUT2D eigenvalue weighted by Crippen LogP contribution is 2.32. The number of hydrogen-bond donors (Lipinski definition) is 2. The van der Waals surface area contributed by atoms with Gasteiger partial charge < -0.3 is 24.8 Å². The number of hydrogen-bond acceptors (Lipinski definition) is 5. The van der Waals surface area contributed by atoms with Gasteiger partial charge in [0.1, 0.15) is 0 Å². The van der Waals surface area contributed by atoms with E-state index in [2.05, 4.69) is 4.98 Å². The predicted octanol–water partition coefficient (Wildman–Crippen LogP) is 4.66. The van der Waals surface area contributed by atoms with Gasteiger partial charge in [0.25, 0.3) is 5.91 Å². The zero-order valence-corrected chi connectivity index (χ0v) is 22.4. The second kappa shape index (κ2) is 11.3. The molecule has 4 rings (SSSR count). The van der Waals surface area contributed by atoms with E-state index < -0.39 is 0 Å². The number of aromatic nitrogens is 1. The maximum atomic E-state index is 12.7. The van der Waals surface area contributed by atoms with Crippen LogP contribution in [-0.4, -0.2) is 78.7 Å². The third kappa shape index (κ3) is 5.60. The first-order valence-corrected chi connectivity index (χ1v) is 12.5. The molecule has 4 aromatic rings. The minimum atomic E-state index is -0.0869. The largest absolute Gasteiger partial charge is 0.494 e. The third-order valence-corrected chi connectivity index (χ3v) is 6.43. The number of nitrogens with zero attached hydrogens (tertiary/aromatic N) is 4. The van der Waals surface area contributed by atoms with Crippen molar-refractivity contribution in [1.29, 1.82) is 0 Å². The van der Waals surface area contributed by atoms with E-state index in [-0.39, 0.29) is 17.7 Å². The maximum absolute atomic E-state index is 12.7. The van der Waals surface area contributed by atoms with E-state index in [4.69, 9.17) is 4.99 Å². The van der Waals surface area contributed by atoms with Crippen LogP contribution in [-0.2, 0) is 4.79 Å². The predicted molar refractivity (Wildman–Crippen MR) is 153 cm³/mol. The van der Waals surface area contributed by atoms with Crippen molar-refractivity contribution in [2.24, 2.45) is 4.99 Å². The van der Waals surface area contributed by atoms with Crippen molar-refractivity contribution in [2.75, 3.05) is 46.2 Å². The molecule has 8 heteroatoms. The average Bonchev–Trinajstić information content (AvgIpc) is 3.25. The number of likely N-dealkylation sites (N-methyl/N-ethyl adjacent to an activating group) is 2. The van der Waals surface area contributed by atoms with E-state index in [9.17, 15) is 14.7 Å². The Hall–Kier alpha value is -4.43. The van der Waals surface area contributed by atoms with Crippen molar-refractivity contribution in [3.63, 3.8) is 0 Å². The van der Waals surface area contributed by atoms with E-state index in [1.54, 1.807) is 36.0 Å². The zero-order chi connectivity index (χ0) is 27.4. The van der Waals surface area contributed by atoms with Crippen molar-refractivity contribution in [1.82, 2.24) is 14.8 Å².